The minimum absolute atomic E-state index is 0.285. The molecule has 0 spiro atoms. The van der Waals surface area contributed by atoms with Gasteiger partial charge in [-0.3, -0.25) is 9.29 Å². The van der Waals surface area contributed by atoms with Gasteiger partial charge in [-0.25, -0.2) is 8.42 Å². The predicted molar refractivity (Wildman–Crippen MR) is 52.2 cm³/mol. The zero-order valence-electron chi connectivity index (χ0n) is 7.80. The van der Waals surface area contributed by atoms with E-state index in [1.807, 2.05) is 6.07 Å². The molecule has 0 atom stereocenters. The Morgan fingerprint density at radius 2 is 2.21 bits per heavy atom. The molecule has 0 aliphatic rings. The van der Waals surface area contributed by atoms with Gasteiger partial charge in [-0.1, -0.05) is 0 Å². The third-order valence-electron chi connectivity index (χ3n) is 1.76. The Labute approximate surface area is 82.7 Å². The lowest BCUT2D eigenvalue weighted by Gasteiger charge is -2.16. The zero-order valence-corrected chi connectivity index (χ0v) is 8.61. The van der Waals surface area contributed by atoms with Crippen LogP contribution in [0.3, 0.4) is 0 Å². The zero-order chi connectivity index (χ0) is 10.8. The van der Waals surface area contributed by atoms with Gasteiger partial charge in [0.05, 0.1) is 23.7 Å². The van der Waals surface area contributed by atoms with Crippen LogP contribution in [0.4, 0.5) is 5.69 Å². The molecular formula is C8H9N3O2S. The van der Waals surface area contributed by atoms with Crippen molar-refractivity contribution in [3.63, 3.8) is 0 Å². The smallest absolute Gasteiger partial charge is 0.232 e. The van der Waals surface area contributed by atoms with Crippen LogP contribution in [0, 0.1) is 11.3 Å². The number of hydrogen-bond acceptors (Lipinski definition) is 4. The summed E-state index contributed by atoms with van der Waals surface area (Å²) in [7, 11) is -1.96. The molecular weight excluding hydrogens is 202 g/mol. The molecule has 0 bridgehead atoms. The molecule has 0 aliphatic carbocycles. The van der Waals surface area contributed by atoms with Gasteiger partial charge in [0.1, 0.15) is 6.07 Å². The highest BCUT2D eigenvalue weighted by atomic mass is 32.2. The van der Waals surface area contributed by atoms with Crippen molar-refractivity contribution >= 4 is 15.7 Å². The van der Waals surface area contributed by atoms with Crippen LogP contribution >= 0.6 is 0 Å². The number of aromatic nitrogens is 1. The van der Waals surface area contributed by atoms with Crippen molar-refractivity contribution in [3.05, 3.63) is 24.0 Å². The second kappa shape index (κ2) is 3.64. The van der Waals surface area contributed by atoms with Crippen molar-refractivity contribution in [3.8, 4) is 6.07 Å². The Morgan fingerprint density at radius 3 is 2.71 bits per heavy atom. The lowest BCUT2D eigenvalue weighted by atomic mass is 10.2. The molecule has 0 saturated heterocycles. The van der Waals surface area contributed by atoms with E-state index >= 15 is 0 Å². The number of sulfonamides is 1. The van der Waals surface area contributed by atoms with Crippen LogP contribution in [-0.4, -0.2) is 26.7 Å². The minimum atomic E-state index is -3.35. The molecule has 1 aromatic rings. The third kappa shape index (κ3) is 2.00. The quantitative estimate of drug-likeness (QED) is 0.707. The van der Waals surface area contributed by atoms with Crippen molar-refractivity contribution in [2.24, 2.45) is 0 Å². The Balaban J connectivity index is 3.28. The van der Waals surface area contributed by atoms with E-state index in [0.717, 1.165) is 10.6 Å². The second-order valence-corrected chi connectivity index (χ2v) is 4.75. The van der Waals surface area contributed by atoms with Gasteiger partial charge in [0, 0.05) is 13.2 Å². The average Bonchev–Trinajstić information content (AvgIpc) is 2.15. The maximum atomic E-state index is 11.2. The van der Waals surface area contributed by atoms with Crippen LogP contribution in [0.25, 0.3) is 0 Å². The molecule has 14 heavy (non-hydrogen) atoms. The maximum Gasteiger partial charge on any atom is 0.232 e. The lowest BCUT2D eigenvalue weighted by molar-refractivity contribution is 0.600. The Kier molecular flexibility index (Phi) is 2.72. The number of pyridine rings is 1. The van der Waals surface area contributed by atoms with Crippen molar-refractivity contribution in [2.75, 3.05) is 17.6 Å². The van der Waals surface area contributed by atoms with Gasteiger partial charge in [0.15, 0.2) is 0 Å². The molecule has 0 radical (unpaired) electrons. The van der Waals surface area contributed by atoms with E-state index in [9.17, 15) is 8.42 Å². The third-order valence-corrected chi connectivity index (χ3v) is 2.95. The van der Waals surface area contributed by atoms with Gasteiger partial charge in [0.2, 0.25) is 10.0 Å². The number of nitrogens with zero attached hydrogens (tertiary/aromatic N) is 3. The van der Waals surface area contributed by atoms with Crippen molar-refractivity contribution in [2.45, 2.75) is 0 Å². The molecule has 0 unspecified atom stereocenters. The van der Waals surface area contributed by atoms with E-state index in [2.05, 4.69) is 4.98 Å². The van der Waals surface area contributed by atoms with E-state index in [0.29, 0.717) is 0 Å². The molecule has 1 heterocycles. The summed E-state index contributed by atoms with van der Waals surface area (Å²) in [5.74, 6) is 0. The first-order valence-corrected chi connectivity index (χ1v) is 5.59. The summed E-state index contributed by atoms with van der Waals surface area (Å²) in [6, 6.07) is 3.37. The fourth-order valence-electron chi connectivity index (χ4n) is 0.910. The molecule has 0 aliphatic heterocycles. The first-order chi connectivity index (χ1) is 6.46. The van der Waals surface area contributed by atoms with E-state index < -0.39 is 10.0 Å². The number of anilines is 1. The summed E-state index contributed by atoms with van der Waals surface area (Å²) in [4.78, 5) is 3.77. The fourth-order valence-corrected chi connectivity index (χ4v) is 1.41. The second-order valence-electron chi connectivity index (χ2n) is 2.74. The molecule has 0 saturated carbocycles. The summed E-state index contributed by atoms with van der Waals surface area (Å²) < 4.78 is 23.4. The van der Waals surface area contributed by atoms with Gasteiger partial charge in [-0.05, 0) is 6.07 Å². The summed E-state index contributed by atoms with van der Waals surface area (Å²) in [5.41, 5.74) is 0.574. The van der Waals surface area contributed by atoms with Gasteiger partial charge in [-0.15, -0.1) is 0 Å². The first-order valence-electron chi connectivity index (χ1n) is 3.75. The molecule has 0 fully saturated rings. The topological polar surface area (TPSA) is 74.1 Å². The molecule has 74 valence electrons. The van der Waals surface area contributed by atoms with Gasteiger partial charge < -0.3 is 0 Å². The molecule has 0 aromatic carbocycles. The molecule has 1 rings (SSSR count). The summed E-state index contributed by atoms with van der Waals surface area (Å²) in [5, 5.41) is 8.73. The van der Waals surface area contributed by atoms with Crippen LogP contribution in [0.2, 0.25) is 0 Å². The summed E-state index contributed by atoms with van der Waals surface area (Å²) in [6.45, 7) is 0. The normalized spacial score (nSPS) is 10.6. The Bertz CT molecular complexity index is 476. The minimum Gasteiger partial charge on any atom is -0.271 e. The molecule has 1 aromatic heterocycles. The van der Waals surface area contributed by atoms with E-state index in [4.69, 9.17) is 5.26 Å². The summed E-state index contributed by atoms with van der Waals surface area (Å²) in [6.07, 6.45) is 3.86. The van der Waals surface area contributed by atoms with Crippen LogP contribution in [-0.2, 0) is 10.0 Å². The van der Waals surface area contributed by atoms with Crippen molar-refractivity contribution < 1.29 is 8.42 Å². The average molecular weight is 211 g/mol. The number of hydrogen-bond donors (Lipinski definition) is 0. The number of rotatable bonds is 2. The predicted octanol–water partition coefficient (Wildman–Crippen LogP) is 0.349. The molecule has 0 N–H and O–H groups in total. The van der Waals surface area contributed by atoms with Gasteiger partial charge in [-0.2, -0.15) is 5.26 Å². The molecule has 6 heteroatoms. The van der Waals surface area contributed by atoms with Crippen LogP contribution in [0.5, 0.6) is 0 Å². The van der Waals surface area contributed by atoms with Crippen LogP contribution < -0.4 is 4.31 Å². The standard InChI is InChI=1S/C8H9N3O2S/c1-11(14(2,12)13)8-6-10-4-3-7(8)5-9/h3-4,6H,1-2H3. The Morgan fingerprint density at radius 1 is 1.57 bits per heavy atom. The Hall–Kier alpha value is -1.61. The van der Waals surface area contributed by atoms with E-state index in [1.54, 1.807) is 0 Å². The van der Waals surface area contributed by atoms with Crippen molar-refractivity contribution in [1.29, 1.82) is 5.26 Å². The van der Waals surface area contributed by atoms with Crippen LogP contribution in [0.15, 0.2) is 18.5 Å². The largest absolute Gasteiger partial charge is 0.271 e. The van der Waals surface area contributed by atoms with E-state index in [1.165, 1.54) is 25.5 Å². The highest BCUT2D eigenvalue weighted by Gasteiger charge is 2.15. The molecule has 5 nitrogen and oxygen atoms in total. The number of nitriles is 1. The van der Waals surface area contributed by atoms with Crippen molar-refractivity contribution in [1.82, 2.24) is 4.98 Å². The summed E-state index contributed by atoms with van der Waals surface area (Å²) >= 11 is 0. The lowest BCUT2D eigenvalue weighted by Crippen LogP contribution is -2.25. The van der Waals surface area contributed by atoms with E-state index in [-0.39, 0.29) is 11.3 Å². The SMILES string of the molecule is CN(c1cnccc1C#N)S(C)(=O)=O. The van der Waals surface area contributed by atoms with Gasteiger partial charge in [0.25, 0.3) is 0 Å². The monoisotopic (exact) mass is 211 g/mol. The molecule has 0 amide bonds. The maximum absolute atomic E-state index is 11.2. The highest BCUT2D eigenvalue weighted by Crippen LogP contribution is 2.18. The fraction of sp³-hybridized carbons (Fsp3) is 0.250. The van der Waals surface area contributed by atoms with Crippen LogP contribution in [0.1, 0.15) is 5.56 Å². The highest BCUT2D eigenvalue weighted by molar-refractivity contribution is 7.92. The van der Waals surface area contributed by atoms with Gasteiger partial charge >= 0.3 is 0 Å². The first kappa shape index (κ1) is 10.5.